The van der Waals surface area contributed by atoms with Crippen molar-refractivity contribution in [1.29, 1.82) is 0 Å². The lowest BCUT2D eigenvalue weighted by atomic mass is 10.1. The molecule has 0 aliphatic carbocycles. The van der Waals surface area contributed by atoms with Crippen molar-refractivity contribution in [3.05, 3.63) is 17.7 Å². The van der Waals surface area contributed by atoms with Crippen LogP contribution in [0.1, 0.15) is 147 Å². The van der Waals surface area contributed by atoms with Gasteiger partial charge < -0.3 is 29.7 Å². The van der Waals surface area contributed by atoms with E-state index in [1.165, 1.54) is 77.0 Å². The number of benzene rings is 1. The summed E-state index contributed by atoms with van der Waals surface area (Å²) in [6.07, 6.45) is 21.0. The third kappa shape index (κ3) is 17.8. The lowest BCUT2D eigenvalue weighted by Gasteiger charge is -2.19. The lowest BCUT2D eigenvalue weighted by molar-refractivity contribution is 0.0920. The van der Waals surface area contributed by atoms with Crippen LogP contribution in [0, 0.1) is 5.92 Å². The highest BCUT2D eigenvalue weighted by molar-refractivity contribution is 5.95. The van der Waals surface area contributed by atoms with Gasteiger partial charge in [-0.1, -0.05) is 117 Å². The topological polar surface area (TPSA) is 97.3 Å². The molecule has 0 bridgehead atoms. The Morgan fingerprint density at radius 2 is 1.00 bits per heavy atom. The second-order valence-electron chi connectivity index (χ2n) is 11.6. The molecule has 0 atom stereocenters. The second-order valence-corrected chi connectivity index (χ2v) is 11.6. The molecule has 1 amide bonds. The zero-order valence-corrected chi connectivity index (χ0v) is 27.2. The number of rotatable bonds is 29. The number of nitrogens with one attached hydrogen (secondary N) is 1. The van der Waals surface area contributed by atoms with E-state index in [-0.39, 0.29) is 25.7 Å². The average molecular weight is 594 g/mol. The Kier molecular flexibility index (Phi) is 24.1. The molecule has 3 N–H and O–H groups in total. The van der Waals surface area contributed by atoms with E-state index in [9.17, 15) is 15.0 Å². The molecular formula is C35H63NO6. The molecule has 0 heterocycles. The van der Waals surface area contributed by atoms with Gasteiger partial charge >= 0.3 is 0 Å². The van der Waals surface area contributed by atoms with E-state index in [0.717, 1.165) is 38.5 Å². The summed E-state index contributed by atoms with van der Waals surface area (Å²) in [5.74, 6) is 0.974. The molecule has 0 unspecified atom stereocenters. The maximum atomic E-state index is 13.1. The highest BCUT2D eigenvalue weighted by atomic mass is 16.5. The van der Waals surface area contributed by atoms with Gasteiger partial charge in [-0.05, 0) is 31.4 Å². The molecule has 0 spiro atoms. The summed E-state index contributed by atoms with van der Waals surface area (Å²) in [4.78, 5) is 13.1. The Hall–Kier alpha value is -1.99. The normalized spacial score (nSPS) is 11.2. The number of unbranched alkanes of at least 4 members (excludes halogenated alkanes) is 15. The Morgan fingerprint density at radius 3 is 1.40 bits per heavy atom. The Labute approximate surface area is 257 Å². The van der Waals surface area contributed by atoms with Crippen molar-refractivity contribution < 1.29 is 29.2 Å². The predicted molar refractivity (Wildman–Crippen MR) is 173 cm³/mol. The van der Waals surface area contributed by atoms with Crippen LogP contribution < -0.4 is 19.5 Å². The third-order valence-corrected chi connectivity index (χ3v) is 7.61. The van der Waals surface area contributed by atoms with Crippen molar-refractivity contribution in [3.63, 3.8) is 0 Å². The van der Waals surface area contributed by atoms with Gasteiger partial charge in [-0.15, -0.1) is 0 Å². The number of hydrogen-bond donors (Lipinski definition) is 3. The first-order chi connectivity index (χ1) is 20.6. The molecule has 0 aliphatic heterocycles. The van der Waals surface area contributed by atoms with Gasteiger partial charge in [0.2, 0.25) is 5.75 Å². The zero-order valence-electron chi connectivity index (χ0n) is 27.2. The number of carbonyl (C=O) groups excluding carboxylic acids is 1. The van der Waals surface area contributed by atoms with E-state index < -0.39 is 5.92 Å². The molecule has 0 saturated heterocycles. The molecule has 0 radical (unpaired) electrons. The number of ether oxygens (including phenoxy) is 3. The minimum atomic E-state index is -0.402. The number of aliphatic hydroxyl groups is 2. The first-order valence-electron chi connectivity index (χ1n) is 17.2. The molecule has 0 saturated carbocycles. The molecule has 7 heteroatoms. The Balaban J connectivity index is 3.03. The Bertz CT molecular complexity index is 744. The highest BCUT2D eigenvalue weighted by Crippen LogP contribution is 2.39. The number of hydrogen-bond acceptors (Lipinski definition) is 6. The summed E-state index contributed by atoms with van der Waals surface area (Å²) in [6.45, 7) is 8.15. The monoisotopic (exact) mass is 593 g/mol. The maximum absolute atomic E-state index is 13.1. The quantitative estimate of drug-likeness (QED) is 0.0810. The smallest absolute Gasteiger partial charge is 0.251 e. The van der Waals surface area contributed by atoms with Crippen LogP contribution in [0.25, 0.3) is 0 Å². The summed E-state index contributed by atoms with van der Waals surface area (Å²) in [5, 5.41) is 21.6. The third-order valence-electron chi connectivity index (χ3n) is 7.61. The van der Waals surface area contributed by atoms with Crippen LogP contribution in [-0.4, -0.2) is 55.7 Å². The van der Waals surface area contributed by atoms with E-state index in [1.807, 2.05) is 0 Å². The van der Waals surface area contributed by atoms with Crippen LogP contribution in [0.5, 0.6) is 17.2 Å². The van der Waals surface area contributed by atoms with Crippen molar-refractivity contribution in [2.75, 3.05) is 39.6 Å². The minimum Gasteiger partial charge on any atom is -0.490 e. The van der Waals surface area contributed by atoms with Crippen LogP contribution in [-0.2, 0) is 0 Å². The fourth-order valence-corrected chi connectivity index (χ4v) is 4.78. The summed E-state index contributed by atoms with van der Waals surface area (Å²) < 4.78 is 18.8. The number of amides is 1. The summed E-state index contributed by atoms with van der Waals surface area (Å²) in [6, 6.07) is 3.49. The van der Waals surface area contributed by atoms with Crippen LogP contribution in [0.15, 0.2) is 12.1 Å². The fourth-order valence-electron chi connectivity index (χ4n) is 4.78. The van der Waals surface area contributed by atoms with Crippen molar-refractivity contribution in [2.45, 2.75) is 136 Å². The molecule has 42 heavy (non-hydrogen) atoms. The molecule has 7 nitrogen and oxygen atoms in total. The van der Waals surface area contributed by atoms with E-state index in [0.29, 0.717) is 42.6 Å². The van der Waals surface area contributed by atoms with Crippen molar-refractivity contribution >= 4 is 5.91 Å². The maximum Gasteiger partial charge on any atom is 0.251 e. The van der Waals surface area contributed by atoms with Gasteiger partial charge in [0.05, 0.1) is 19.8 Å². The molecule has 244 valence electrons. The first-order valence-corrected chi connectivity index (χ1v) is 17.2. The minimum absolute atomic E-state index is 0.185. The molecule has 1 rings (SSSR count). The average Bonchev–Trinajstić information content (AvgIpc) is 3.00. The SMILES string of the molecule is CCCCCCCCOc1cc(C(=O)NCC(CO)CO)cc(OCCCCCCCC)c1OCCCCCCCC. The van der Waals surface area contributed by atoms with Gasteiger partial charge in [0.1, 0.15) is 0 Å². The van der Waals surface area contributed by atoms with E-state index >= 15 is 0 Å². The van der Waals surface area contributed by atoms with E-state index in [4.69, 9.17) is 14.2 Å². The van der Waals surface area contributed by atoms with Crippen LogP contribution in [0.4, 0.5) is 0 Å². The number of aliphatic hydroxyl groups excluding tert-OH is 2. The molecule has 1 aromatic rings. The van der Waals surface area contributed by atoms with Gasteiger partial charge in [-0.2, -0.15) is 0 Å². The van der Waals surface area contributed by atoms with Crippen molar-refractivity contribution in [3.8, 4) is 17.2 Å². The largest absolute Gasteiger partial charge is 0.490 e. The first kappa shape index (κ1) is 38.0. The van der Waals surface area contributed by atoms with Crippen LogP contribution >= 0.6 is 0 Å². The summed E-state index contributed by atoms with van der Waals surface area (Å²) >= 11 is 0. The number of carbonyl (C=O) groups is 1. The molecule has 0 aromatic heterocycles. The Morgan fingerprint density at radius 1 is 0.619 bits per heavy atom. The van der Waals surface area contributed by atoms with Crippen LogP contribution in [0.2, 0.25) is 0 Å². The van der Waals surface area contributed by atoms with Gasteiger partial charge in [0.25, 0.3) is 5.91 Å². The lowest BCUT2D eigenvalue weighted by Crippen LogP contribution is -2.32. The molecule has 0 fully saturated rings. The summed E-state index contributed by atoms with van der Waals surface area (Å²) in [7, 11) is 0. The highest BCUT2D eigenvalue weighted by Gasteiger charge is 2.20. The van der Waals surface area contributed by atoms with E-state index in [2.05, 4.69) is 26.1 Å². The van der Waals surface area contributed by atoms with Gasteiger partial charge in [-0.25, -0.2) is 0 Å². The molecule has 1 aromatic carbocycles. The van der Waals surface area contributed by atoms with Crippen molar-refractivity contribution in [2.24, 2.45) is 5.92 Å². The van der Waals surface area contributed by atoms with Gasteiger partial charge in [0, 0.05) is 31.2 Å². The summed E-state index contributed by atoms with van der Waals surface area (Å²) in [5.41, 5.74) is 0.424. The van der Waals surface area contributed by atoms with Gasteiger partial charge in [0.15, 0.2) is 11.5 Å². The van der Waals surface area contributed by atoms with Crippen molar-refractivity contribution in [1.82, 2.24) is 5.32 Å². The van der Waals surface area contributed by atoms with Crippen LogP contribution in [0.3, 0.4) is 0 Å². The predicted octanol–water partition coefficient (Wildman–Crippen LogP) is 8.24. The molecule has 0 aliphatic rings. The standard InChI is InChI=1S/C35H63NO6/c1-4-7-10-13-16-19-22-40-32-25-31(35(39)36-27-30(28-37)29-38)26-33(41-23-20-17-14-11-8-5-2)34(32)42-24-21-18-15-12-9-6-3/h25-26,30,37-38H,4-24,27-29H2,1-3H3,(H,36,39). The van der Waals surface area contributed by atoms with E-state index in [1.54, 1.807) is 12.1 Å². The molecular weight excluding hydrogens is 530 g/mol. The zero-order chi connectivity index (χ0) is 30.7. The second kappa shape index (κ2) is 26.6. The van der Waals surface area contributed by atoms with Gasteiger partial charge in [-0.3, -0.25) is 4.79 Å². The fraction of sp³-hybridized carbons (Fsp3) is 0.800.